The first kappa shape index (κ1) is 7.66. The molecule has 1 aliphatic carbocycles. The molecule has 0 fully saturated rings. The van der Waals surface area contributed by atoms with E-state index in [1.165, 1.54) is 30.4 Å². The number of phenolic OH excluding ortho intramolecular Hbond substituents is 1. The molecule has 1 aromatic rings. The molecular weight excluding hydrogens is 148 g/mol. The van der Waals surface area contributed by atoms with Crippen molar-refractivity contribution >= 4 is 0 Å². The molecule has 0 saturated heterocycles. The summed E-state index contributed by atoms with van der Waals surface area (Å²) < 4.78 is 0. The minimum atomic E-state index is 0.454. The molecule has 1 N–H and O–H groups in total. The Labute approximate surface area is 73.0 Å². The van der Waals surface area contributed by atoms with E-state index in [0.717, 1.165) is 12.0 Å². The number of phenols is 1. The van der Waals surface area contributed by atoms with Crippen LogP contribution >= 0.6 is 0 Å². The van der Waals surface area contributed by atoms with Crippen LogP contribution in [0, 0.1) is 6.92 Å². The smallest absolute Gasteiger partial charge is 0.118 e. The van der Waals surface area contributed by atoms with Crippen molar-refractivity contribution in [2.75, 3.05) is 0 Å². The average molecular weight is 162 g/mol. The maximum absolute atomic E-state index is 9.48. The fraction of sp³-hybridized carbons (Fsp3) is 0.455. The lowest BCUT2D eigenvalue weighted by Gasteiger charge is -2.16. The summed E-state index contributed by atoms with van der Waals surface area (Å²) in [7, 11) is 0. The van der Waals surface area contributed by atoms with Crippen LogP contribution in [0.3, 0.4) is 0 Å². The number of rotatable bonds is 0. The van der Waals surface area contributed by atoms with E-state index >= 15 is 0 Å². The van der Waals surface area contributed by atoms with Gasteiger partial charge in [0.25, 0.3) is 0 Å². The summed E-state index contributed by atoms with van der Waals surface area (Å²) in [6.45, 7) is 1.96. The molecule has 1 aromatic carbocycles. The van der Waals surface area contributed by atoms with Gasteiger partial charge in [-0.25, -0.2) is 0 Å². The molecular formula is C11H14O. The molecule has 0 heterocycles. The molecule has 0 amide bonds. The fourth-order valence-corrected chi connectivity index (χ4v) is 1.90. The predicted molar refractivity (Wildman–Crippen MR) is 49.5 cm³/mol. The Bertz CT molecular complexity index is 271. The predicted octanol–water partition coefficient (Wildman–Crippen LogP) is 2.58. The Hall–Kier alpha value is -0.980. The van der Waals surface area contributed by atoms with E-state index in [2.05, 4.69) is 6.07 Å². The number of benzene rings is 1. The highest BCUT2D eigenvalue weighted by Gasteiger charge is 2.10. The van der Waals surface area contributed by atoms with Crippen LogP contribution in [0.5, 0.6) is 5.75 Å². The number of hydrogen-bond donors (Lipinski definition) is 1. The third kappa shape index (κ3) is 1.20. The highest BCUT2D eigenvalue weighted by molar-refractivity contribution is 5.42. The molecule has 0 atom stereocenters. The molecule has 0 bridgehead atoms. The SMILES string of the molecule is Cc1cc2c(cc1O)CCCC2. The molecule has 0 unspecified atom stereocenters. The summed E-state index contributed by atoms with van der Waals surface area (Å²) in [5.41, 5.74) is 3.80. The van der Waals surface area contributed by atoms with Crippen molar-refractivity contribution in [3.63, 3.8) is 0 Å². The zero-order valence-electron chi connectivity index (χ0n) is 7.43. The molecule has 1 heteroatoms. The molecule has 0 aliphatic heterocycles. The van der Waals surface area contributed by atoms with Crippen LogP contribution in [-0.2, 0) is 12.8 Å². The van der Waals surface area contributed by atoms with Gasteiger partial charge in [0.1, 0.15) is 5.75 Å². The first-order valence-corrected chi connectivity index (χ1v) is 4.59. The second kappa shape index (κ2) is 2.81. The van der Waals surface area contributed by atoms with Gasteiger partial charge in [-0.2, -0.15) is 0 Å². The summed E-state index contributed by atoms with van der Waals surface area (Å²) in [6, 6.07) is 4.06. The van der Waals surface area contributed by atoms with Crippen molar-refractivity contribution in [2.24, 2.45) is 0 Å². The van der Waals surface area contributed by atoms with Crippen LogP contribution in [0.2, 0.25) is 0 Å². The van der Waals surface area contributed by atoms with E-state index < -0.39 is 0 Å². The van der Waals surface area contributed by atoms with Crippen LogP contribution in [0.4, 0.5) is 0 Å². The summed E-state index contributed by atoms with van der Waals surface area (Å²) in [4.78, 5) is 0. The number of hydrogen-bond acceptors (Lipinski definition) is 1. The summed E-state index contributed by atoms with van der Waals surface area (Å²) in [5.74, 6) is 0.454. The third-order valence-corrected chi connectivity index (χ3v) is 2.66. The van der Waals surface area contributed by atoms with Gasteiger partial charge < -0.3 is 5.11 Å². The minimum absolute atomic E-state index is 0.454. The molecule has 0 aromatic heterocycles. The highest BCUT2D eigenvalue weighted by Crippen LogP contribution is 2.27. The van der Waals surface area contributed by atoms with Gasteiger partial charge in [0.05, 0.1) is 0 Å². The quantitative estimate of drug-likeness (QED) is 0.621. The number of fused-ring (bicyclic) bond motifs is 1. The van der Waals surface area contributed by atoms with Gasteiger partial charge >= 0.3 is 0 Å². The van der Waals surface area contributed by atoms with Crippen molar-refractivity contribution in [2.45, 2.75) is 32.6 Å². The largest absolute Gasteiger partial charge is 0.508 e. The van der Waals surface area contributed by atoms with Crippen LogP contribution in [0.1, 0.15) is 29.5 Å². The van der Waals surface area contributed by atoms with Crippen LogP contribution < -0.4 is 0 Å². The zero-order valence-corrected chi connectivity index (χ0v) is 7.43. The van der Waals surface area contributed by atoms with Crippen molar-refractivity contribution in [1.82, 2.24) is 0 Å². The monoisotopic (exact) mass is 162 g/mol. The van der Waals surface area contributed by atoms with Gasteiger partial charge in [-0.3, -0.25) is 0 Å². The van der Waals surface area contributed by atoms with Crippen molar-refractivity contribution in [3.8, 4) is 5.75 Å². The molecule has 0 saturated carbocycles. The molecule has 12 heavy (non-hydrogen) atoms. The number of aromatic hydroxyl groups is 1. The first-order valence-electron chi connectivity index (χ1n) is 4.59. The molecule has 2 rings (SSSR count). The standard InChI is InChI=1S/C11H14O/c1-8-6-9-4-2-3-5-10(9)7-11(8)12/h6-7,12H,2-5H2,1H3. The highest BCUT2D eigenvalue weighted by atomic mass is 16.3. The van der Waals surface area contributed by atoms with Crippen molar-refractivity contribution < 1.29 is 5.11 Å². The van der Waals surface area contributed by atoms with E-state index in [-0.39, 0.29) is 0 Å². The van der Waals surface area contributed by atoms with Crippen LogP contribution in [0.25, 0.3) is 0 Å². The van der Waals surface area contributed by atoms with E-state index in [1.54, 1.807) is 0 Å². The van der Waals surface area contributed by atoms with E-state index in [9.17, 15) is 5.11 Å². The summed E-state index contributed by atoms with van der Waals surface area (Å²) in [6.07, 6.45) is 4.91. The Balaban J connectivity index is 2.49. The second-order valence-electron chi connectivity index (χ2n) is 3.61. The summed E-state index contributed by atoms with van der Waals surface area (Å²) in [5, 5.41) is 9.48. The lowest BCUT2D eigenvalue weighted by Crippen LogP contribution is -2.02. The van der Waals surface area contributed by atoms with Gasteiger partial charge in [0, 0.05) is 0 Å². The molecule has 64 valence electrons. The number of aryl methyl sites for hydroxylation is 3. The zero-order chi connectivity index (χ0) is 8.55. The Morgan fingerprint density at radius 2 is 1.67 bits per heavy atom. The van der Waals surface area contributed by atoms with Gasteiger partial charge in [-0.1, -0.05) is 6.07 Å². The molecule has 1 nitrogen and oxygen atoms in total. The van der Waals surface area contributed by atoms with Crippen molar-refractivity contribution in [3.05, 3.63) is 28.8 Å². The van der Waals surface area contributed by atoms with Gasteiger partial charge in [-0.05, 0) is 55.4 Å². The molecule has 0 spiro atoms. The molecule has 1 aliphatic rings. The maximum Gasteiger partial charge on any atom is 0.118 e. The minimum Gasteiger partial charge on any atom is -0.508 e. The van der Waals surface area contributed by atoms with E-state index in [1.807, 2.05) is 13.0 Å². The van der Waals surface area contributed by atoms with Crippen LogP contribution in [0.15, 0.2) is 12.1 Å². The third-order valence-electron chi connectivity index (χ3n) is 2.66. The Morgan fingerprint density at radius 3 is 2.33 bits per heavy atom. The van der Waals surface area contributed by atoms with Gasteiger partial charge in [0.2, 0.25) is 0 Å². The van der Waals surface area contributed by atoms with E-state index in [4.69, 9.17) is 0 Å². The van der Waals surface area contributed by atoms with Crippen molar-refractivity contribution in [1.29, 1.82) is 0 Å². The normalized spacial score (nSPS) is 15.8. The molecule has 0 radical (unpaired) electrons. The fourth-order valence-electron chi connectivity index (χ4n) is 1.90. The Kier molecular flexibility index (Phi) is 1.80. The second-order valence-corrected chi connectivity index (χ2v) is 3.61. The first-order chi connectivity index (χ1) is 5.77. The average Bonchev–Trinajstić information content (AvgIpc) is 2.07. The lowest BCUT2D eigenvalue weighted by atomic mass is 9.90. The van der Waals surface area contributed by atoms with Gasteiger partial charge in [0.15, 0.2) is 0 Å². The van der Waals surface area contributed by atoms with Crippen LogP contribution in [-0.4, -0.2) is 5.11 Å². The van der Waals surface area contributed by atoms with E-state index in [0.29, 0.717) is 5.75 Å². The Morgan fingerprint density at radius 1 is 1.08 bits per heavy atom. The lowest BCUT2D eigenvalue weighted by molar-refractivity contribution is 0.469. The van der Waals surface area contributed by atoms with Gasteiger partial charge in [-0.15, -0.1) is 0 Å². The summed E-state index contributed by atoms with van der Waals surface area (Å²) >= 11 is 0. The topological polar surface area (TPSA) is 20.2 Å². The maximum atomic E-state index is 9.48.